The van der Waals surface area contributed by atoms with Crippen LogP contribution < -0.4 is 16.0 Å². The van der Waals surface area contributed by atoms with Gasteiger partial charge in [-0.05, 0) is 37.5 Å². The largest absolute Gasteiger partial charge is 0.416 e. The van der Waals surface area contributed by atoms with E-state index in [2.05, 4.69) is 25.2 Å². The molecule has 168 valence electrons. The summed E-state index contributed by atoms with van der Waals surface area (Å²) >= 11 is 0. The summed E-state index contributed by atoms with van der Waals surface area (Å²) in [6.45, 7) is 3.34. The smallest absolute Gasteiger partial charge is 0.368 e. The van der Waals surface area contributed by atoms with Crippen molar-refractivity contribution in [2.75, 3.05) is 29.0 Å². The third-order valence-electron chi connectivity index (χ3n) is 5.35. The molecule has 4 rings (SSSR count). The van der Waals surface area contributed by atoms with Gasteiger partial charge in [-0.2, -0.15) is 18.2 Å². The summed E-state index contributed by atoms with van der Waals surface area (Å²) in [5, 5.41) is 14.8. The minimum absolute atomic E-state index is 0.0297. The number of aromatic nitrogens is 3. The van der Waals surface area contributed by atoms with E-state index >= 15 is 0 Å². The lowest BCUT2D eigenvalue weighted by atomic mass is 10.0. The van der Waals surface area contributed by atoms with E-state index in [1.807, 2.05) is 6.07 Å². The highest BCUT2D eigenvalue weighted by atomic mass is 19.4. The summed E-state index contributed by atoms with van der Waals surface area (Å²) in [6.07, 6.45) is -1.02. The Morgan fingerprint density at radius 2 is 1.91 bits per heavy atom. The van der Waals surface area contributed by atoms with Crippen LogP contribution in [0.1, 0.15) is 36.9 Å². The number of pyridine rings is 1. The molecule has 1 aliphatic rings. The number of nitrogens with zero attached hydrogens (tertiary/aromatic N) is 5. The second-order valence-electron chi connectivity index (χ2n) is 7.62. The average Bonchev–Trinajstić information content (AvgIpc) is 3.27. The normalized spacial score (nSPS) is 15.2. The topological polar surface area (TPSA) is 123 Å². The van der Waals surface area contributed by atoms with Gasteiger partial charge in [-0.1, -0.05) is 0 Å². The van der Waals surface area contributed by atoms with Crippen molar-refractivity contribution in [1.82, 2.24) is 15.0 Å². The molecule has 9 nitrogen and oxygen atoms in total. The lowest BCUT2D eigenvalue weighted by molar-refractivity contribution is -0.385. The zero-order chi connectivity index (χ0) is 23.0. The summed E-state index contributed by atoms with van der Waals surface area (Å²) in [5.74, 6) is 1.02. The Labute approximate surface area is 180 Å². The van der Waals surface area contributed by atoms with Crippen LogP contribution in [0, 0.1) is 10.1 Å². The molecule has 3 aromatic rings. The molecule has 12 heteroatoms. The number of nitro groups is 1. The molecule has 1 saturated heterocycles. The van der Waals surface area contributed by atoms with Crippen molar-refractivity contribution in [3.05, 3.63) is 51.7 Å². The zero-order valence-corrected chi connectivity index (χ0v) is 17.1. The minimum atomic E-state index is -4.72. The van der Waals surface area contributed by atoms with Gasteiger partial charge in [-0.3, -0.25) is 10.1 Å². The first-order chi connectivity index (χ1) is 15.1. The molecule has 32 heavy (non-hydrogen) atoms. The van der Waals surface area contributed by atoms with Gasteiger partial charge in [0.2, 0.25) is 5.95 Å². The van der Waals surface area contributed by atoms with Gasteiger partial charge in [0.25, 0.3) is 5.69 Å². The molecule has 3 N–H and O–H groups in total. The second kappa shape index (κ2) is 8.09. The maximum absolute atomic E-state index is 13.3. The predicted molar refractivity (Wildman–Crippen MR) is 113 cm³/mol. The number of hydrogen-bond acceptors (Lipinski definition) is 8. The Balaban J connectivity index is 1.73. The molecular weight excluding hydrogens is 427 g/mol. The van der Waals surface area contributed by atoms with E-state index in [4.69, 9.17) is 5.73 Å². The Kier molecular flexibility index (Phi) is 5.45. The summed E-state index contributed by atoms with van der Waals surface area (Å²) in [6, 6.07) is 3.58. The van der Waals surface area contributed by atoms with Gasteiger partial charge in [0.1, 0.15) is 11.6 Å². The molecule has 0 amide bonds. The maximum atomic E-state index is 13.3. The van der Waals surface area contributed by atoms with Crippen LogP contribution in [0.4, 0.5) is 36.4 Å². The Bertz CT molecular complexity index is 1180. The van der Waals surface area contributed by atoms with E-state index in [0.717, 1.165) is 43.9 Å². The van der Waals surface area contributed by atoms with Crippen LogP contribution >= 0.6 is 0 Å². The van der Waals surface area contributed by atoms with Gasteiger partial charge in [-0.15, -0.1) is 0 Å². The number of rotatable bonds is 5. The Hall–Kier alpha value is -3.70. The average molecular weight is 447 g/mol. The third-order valence-corrected chi connectivity index (χ3v) is 5.35. The number of nitrogens with two attached hydrogens (primary N) is 1. The first-order valence-electron chi connectivity index (χ1n) is 9.93. The summed E-state index contributed by atoms with van der Waals surface area (Å²) in [7, 11) is 0. The van der Waals surface area contributed by atoms with Crippen LogP contribution in [0.5, 0.6) is 0 Å². The highest BCUT2D eigenvalue weighted by Crippen LogP contribution is 2.35. The SMILES string of the molecule is CC(Nc1nc(N)nc2cnc(N3CCCC3)cc12)c1cc([N+](=O)[O-])cc(C(F)(F)F)c1. The second-order valence-corrected chi connectivity index (χ2v) is 7.62. The van der Waals surface area contributed by atoms with Crippen molar-refractivity contribution in [2.45, 2.75) is 32.0 Å². The van der Waals surface area contributed by atoms with Gasteiger partial charge in [0.05, 0.1) is 28.2 Å². The monoisotopic (exact) mass is 447 g/mol. The summed E-state index contributed by atoms with van der Waals surface area (Å²) < 4.78 is 39.8. The molecule has 2 aromatic heterocycles. The van der Waals surface area contributed by atoms with Crippen LogP contribution in [0.2, 0.25) is 0 Å². The van der Waals surface area contributed by atoms with Crippen molar-refractivity contribution in [3.63, 3.8) is 0 Å². The fourth-order valence-corrected chi connectivity index (χ4v) is 3.71. The molecular formula is C20H20F3N7O2. The minimum Gasteiger partial charge on any atom is -0.368 e. The summed E-state index contributed by atoms with van der Waals surface area (Å²) in [5.41, 5.74) is 4.63. The molecule has 0 saturated carbocycles. The number of nitrogens with one attached hydrogen (secondary N) is 1. The number of non-ortho nitro benzene ring substituents is 1. The van der Waals surface area contributed by atoms with Gasteiger partial charge >= 0.3 is 6.18 Å². The molecule has 0 aliphatic carbocycles. The van der Waals surface area contributed by atoms with E-state index in [1.54, 1.807) is 13.1 Å². The van der Waals surface area contributed by atoms with E-state index in [-0.39, 0.29) is 11.5 Å². The van der Waals surface area contributed by atoms with Crippen molar-refractivity contribution < 1.29 is 18.1 Å². The number of anilines is 3. The van der Waals surface area contributed by atoms with E-state index in [9.17, 15) is 23.3 Å². The van der Waals surface area contributed by atoms with Crippen molar-refractivity contribution in [3.8, 4) is 0 Å². The number of alkyl halides is 3. The van der Waals surface area contributed by atoms with Gasteiger partial charge in [0, 0.05) is 30.6 Å². The van der Waals surface area contributed by atoms with Gasteiger partial charge in [0.15, 0.2) is 0 Å². The van der Waals surface area contributed by atoms with Gasteiger partial charge < -0.3 is 16.0 Å². The zero-order valence-electron chi connectivity index (χ0n) is 17.1. The molecule has 1 aromatic carbocycles. The Morgan fingerprint density at radius 1 is 1.19 bits per heavy atom. The van der Waals surface area contributed by atoms with Crippen LogP contribution in [0.25, 0.3) is 10.9 Å². The highest BCUT2D eigenvalue weighted by molar-refractivity contribution is 5.91. The number of nitrogen functional groups attached to an aromatic ring is 1. The third kappa shape index (κ3) is 4.34. The molecule has 0 bridgehead atoms. The van der Waals surface area contributed by atoms with Crippen LogP contribution in [-0.2, 0) is 6.18 Å². The fraction of sp³-hybridized carbons (Fsp3) is 0.350. The molecule has 0 radical (unpaired) electrons. The molecule has 1 aliphatic heterocycles. The molecule has 1 fully saturated rings. The van der Waals surface area contributed by atoms with Crippen LogP contribution in [-0.4, -0.2) is 33.0 Å². The molecule has 1 unspecified atom stereocenters. The fourth-order valence-electron chi connectivity index (χ4n) is 3.71. The lowest BCUT2D eigenvalue weighted by Gasteiger charge is -2.20. The highest BCUT2D eigenvalue weighted by Gasteiger charge is 2.33. The van der Waals surface area contributed by atoms with E-state index < -0.39 is 28.4 Å². The number of halogens is 3. The maximum Gasteiger partial charge on any atom is 0.416 e. The molecule has 1 atom stereocenters. The first kappa shape index (κ1) is 21.5. The van der Waals surface area contributed by atoms with E-state index in [1.165, 1.54) is 0 Å². The van der Waals surface area contributed by atoms with Crippen molar-refractivity contribution >= 4 is 34.2 Å². The van der Waals surface area contributed by atoms with Crippen LogP contribution in [0.3, 0.4) is 0 Å². The number of fused-ring (bicyclic) bond motifs is 1. The number of nitro benzene ring substituents is 1. The van der Waals surface area contributed by atoms with Crippen molar-refractivity contribution in [1.29, 1.82) is 0 Å². The predicted octanol–water partition coefficient (Wildman–Crippen LogP) is 4.31. The van der Waals surface area contributed by atoms with Crippen molar-refractivity contribution in [2.24, 2.45) is 0 Å². The Morgan fingerprint density at radius 3 is 2.56 bits per heavy atom. The number of hydrogen-bond donors (Lipinski definition) is 2. The quantitative estimate of drug-likeness (QED) is 0.438. The summed E-state index contributed by atoms with van der Waals surface area (Å²) in [4.78, 5) is 25.3. The van der Waals surface area contributed by atoms with Gasteiger partial charge in [-0.25, -0.2) is 9.97 Å². The lowest BCUT2D eigenvalue weighted by Crippen LogP contribution is -2.19. The molecule has 3 heterocycles. The standard InChI is InChI=1S/C20H20F3N7O2/c1-11(12-6-13(20(21,22)23)8-14(7-12)30(31)32)26-18-15-9-17(29-4-2-3-5-29)25-10-16(15)27-19(24)28-18/h6-11H,2-5H2,1H3,(H3,24,26,27,28). The van der Waals surface area contributed by atoms with Crippen LogP contribution in [0.15, 0.2) is 30.5 Å². The molecule has 0 spiro atoms. The first-order valence-corrected chi connectivity index (χ1v) is 9.93. The number of benzene rings is 1. The van der Waals surface area contributed by atoms with E-state index in [0.29, 0.717) is 22.8 Å².